The summed E-state index contributed by atoms with van der Waals surface area (Å²) in [5.74, 6) is 0.360. The molecule has 1 saturated heterocycles. The SMILES string of the molecule is CNC(=O)C(CCC=O)N1Cc2c(ccc3c2OCC32CCN(Cc3cccc(CO)c3)CC2)C1=O. The zero-order valence-corrected chi connectivity index (χ0v) is 20.7. The molecule has 3 aliphatic rings. The van der Waals surface area contributed by atoms with Crippen LogP contribution in [0, 0.1) is 0 Å². The number of fused-ring (bicyclic) bond motifs is 4. The Kier molecular flexibility index (Phi) is 6.81. The highest BCUT2D eigenvalue weighted by molar-refractivity contribution is 6.02. The number of piperidine rings is 1. The van der Waals surface area contributed by atoms with Gasteiger partial charge in [-0.15, -0.1) is 0 Å². The Bertz CT molecular complexity index is 1170. The van der Waals surface area contributed by atoms with Gasteiger partial charge in [-0.25, -0.2) is 0 Å². The summed E-state index contributed by atoms with van der Waals surface area (Å²) >= 11 is 0. The third kappa shape index (κ3) is 4.29. The van der Waals surface area contributed by atoms with Gasteiger partial charge in [0.15, 0.2) is 0 Å². The Morgan fingerprint density at radius 2 is 2.00 bits per heavy atom. The number of nitrogens with one attached hydrogen (secondary N) is 1. The number of likely N-dealkylation sites (N-methyl/N-ethyl adjacent to an activating group) is 1. The number of hydrogen-bond donors (Lipinski definition) is 2. The van der Waals surface area contributed by atoms with Crippen LogP contribution in [0.25, 0.3) is 0 Å². The second-order valence-corrected chi connectivity index (χ2v) is 10.1. The summed E-state index contributed by atoms with van der Waals surface area (Å²) in [7, 11) is 1.55. The Morgan fingerprint density at radius 3 is 2.72 bits per heavy atom. The molecular weight excluding hydrogens is 458 g/mol. The number of aliphatic hydroxyl groups excluding tert-OH is 1. The van der Waals surface area contributed by atoms with Gasteiger partial charge in [0.2, 0.25) is 5.91 Å². The van der Waals surface area contributed by atoms with Crippen molar-refractivity contribution in [3.8, 4) is 5.75 Å². The molecule has 0 bridgehead atoms. The molecule has 1 fully saturated rings. The first kappa shape index (κ1) is 24.5. The van der Waals surface area contributed by atoms with Gasteiger partial charge in [0, 0.05) is 42.1 Å². The van der Waals surface area contributed by atoms with E-state index in [2.05, 4.69) is 22.3 Å². The zero-order chi connectivity index (χ0) is 25.3. The number of carbonyl (C=O) groups excluding carboxylic acids is 3. The van der Waals surface area contributed by atoms with E-state index in [1.807, 2.05) is 24.3 Å². The van der Waals surface area contributed by atoms with Gasteiger partial charge in [0.25, 0.3) is 5.91 Å². The number of nitrogens with zero attached hydrogens (tertiary/aromatic N) is 2. The molecule has 8 heteroatoms. The molecule has 1 atom stereocenters. The highest BCUT2D eigenvalue weighted by atomic mass is 16.5. The molecule has 2 amide bonds. The van der Waals surface area contributed by atoms with Gasteiger partial charge in [-0.1, -0.05) is 30.3 Å². The monoisotopic (exact) mass is 491 g/mol. The number of benzene rings is 2. The molecule has 2 N–H and O–H groups in total. The van der Waals surface area contributed by atoms with Crippen LogP contribution in [0.4, 0.5) is 0 Å². The Morgan fingerprint density at radius 1 is 1.22 bits per heavy atom. The van der Waals surface area contributed by atoms with Crippen LogP contribution in [0.2, 0.25) is 0 Å². The van der Waals surface area contributed by atoms with E-state index in [0.717, 1.165) is 55.6 Å². The van der Waals surface area contributed by atoms with E-state index in [1.54, 1.807) is 11.9 Å². The molecule has 3 heterocycles. The maximum absolute atomic E-state index is 13.2. The van der Waals surface area contributed by atoms with Crippen LogP contribution in [0.1, 0.15) is 58.3 Å². The van der Waals surface area contributed by atoms with E-state index in [1.165, 1.54) is 11.1 Å². The van der Waals surface area contributed by atoms with Gasteiger partial charge >= 0.3 is 0 Å². The van der Waals surface area contributed by atoms with E-state index in [9.17, 15) is 19.5 Å². The fourth-order valence-corrected chi connectivity index (χ4v) is 5.96. The molecule has 0 saturated carbocycles. The van der Waals surface area contributed by atoms with Crippen molar-refractivity contribution in [1.82, 2.24) is 15.1 Å². The van der Waals surface area contributed by atoms with Crippen LogP contribution in [0.5, 0.6) is 5.75 Å². The molecule has 8 nitrogen and oxygen atoms in total. The van der Waals surface area contributed by atoms with Gasteiger partial charge in [-0.3, -0.25) is 14.5 Å². The summed E-state index contributed by atoms with van der Waals surface area (Å²) in [4.78, 5) is 40.7. The van der Waals surface area contributed by atoms with Crippen molar-refractivity contribution in [2.75, 3.05) is 26.7 Å². The minimum Gasteiger partial charge on any atom is -0.492 e. The van der Waals surface area contributed by atoms with Crippen LogP contribution in [-0.4, -0.2) is 65.8 Å². The third-order valence-corrected chi connectivity index (χ3v) is 8.02. The normalized spacial score (nSPS) is 19.1. The molecule has 1 unspecified atom stereocenters. The highest BCUT2D eigenvalue weighted by Gasteiger charge is 2.47. The quantitative estimate of drug-likeness (QED) is 0.549. The first-order valence-electron chi connectivity index (χ1n) is 12.7. The number of likely N-dealkylation sites (tertiary alicyclic amines) is 1. The molecule has 2 aromatic rings. The lowest BCUT2D eigenvalue weighted by Crippen LogP contribution is -2.46. The summed E-state index contributed by atoms with van der Waals surface area (Å²) in [5, 5.41) is 12.1. The average Bonchev–Trinajstić information content (AvgIpc) is 3.43. The second-order valence-electron chi connectivity index (χ2n) is 10.1. The molecule has 3 aliphatic heterocycles. The number of rotatable bonds is 8. The van der Waals surface area contributed by atoms with Crippen LogP contribution in [0.3, 0.4) is 0 Å². The van der Waals surface area contributed by atoms with Crippen molar-refractivity contribution in [3.63, 3.8) is 0 Å². The molecule has 2 aromatic carbocycles. The predicted molar refractivity (Wildman–Crippen MR) is 134 cm³/mol. The summed E-state index contributed by atoms with van der Waals surface area (Å²) in [5.41, 5.74) is 4.69. The van der Waals surface area contributed by atoms with Crippen LogP contribution in [-0.2, 0) is 34.7 Å². The van der Waals surface area contributed by atoms with E-state index in [-0.39, 0.29) is 30.3 Å². The molecule has 1 spiro atoms. The number of carbonyl (C=O) groups is 3. The lowest BCUT2D eigenvalue weighted by atomic mass is 9.74. The number of ether oxygens (including phenoxy) is 1. The Labute approximate surface area is 211 Å². The largest absolute Gasteiger partial charge is 0.492 e. The van der Waals surface area contributed by atoms with Crippen molar-refractivity contribution >= 4 is 18.1 Å². The molecule has 5 rings (SSSR count). The molecule has 0 aromatic heterocycles. The number of aliphatic hydroxyl groups is 1. The van der Waals surface area contributed by atoms with Gasteiger partial charge in [-0.2, -0.15) is 0 Å². The topological polar surface area (TPSA) is 99.2 Å². The van der Waals surface area contributed by atoms with E-state index < -0.39 is 6.04 Å². The van der Waals surface area contributed by atoms with Crippen LogP contribution < -0.4 is 10.1 Å². The third-order valence-electron chi connectivity index (χ3n) is 8.02. The molecule has 190 valence electrons. The lowest BCUT2D eigenvalue weighted by Gasteiger charge is -2.38. The fraction of sp³-hybridized carbons (Fsp3) is 0.464. The molecule has 36 heavy (non-hydrogen) atoms. The molecule has 0 aliphatic carbocycles. The van der Waals surface area contributed by atoms with Crippen molar-refractivity contribution in [2.24, 2.45) is 0 Å². The van der Waals surface area contributed by atoms with Gasteiger partial charge in [0.1, 0.15) is 18.1 Å². The second kappa shape index (κ2) is 10.0. The summed E-state index contributed by atoms with van der Waals surface area (Å²) in [6.07, 6.45) is 3.24. The predicted octanol–water partition coefficient (Wildman–Crippen LogP) is 2.15. The minimum atomic E-state index is -0.682. The first-order valence-corrected chi connectivity index (χ1v) is 12.7. The highest BCUT2D eigenvalue weighted by Crippen LogP contribution is 2.49. The van der Waals surface area contributed by atoms with Crippen molar-refractivity contribution in [3.05, 3.63) is 64.2 Å². The smallest absolute Gasteiger partial charge is 0.255 e. The minimum absolute atomic E-state index is 0.0519. The fourth-order valence-electron chi connectivity index (χ4n) is 5.96. The van der Waals surface area contributed by atoms with Crippen molar-refractivity contribution in [2.45, 2.75) is 56.8 Å². The summed E-state index contributed by atoms with van der Waals surface area (Å²) in [6, 6.07) is 11.3. The average molecular weight is 492 g/mol. The standard InChI is InChI=1S/C28H33N3O5/c1-29-26(34)24(6-3-13-32)31-16-22-21(27(31)35)7-8-23-25(22)36-18-28(23)9-11-30(12-10-28)15-19-4-2-5-20(14-19)17-33/h2,4-5,7-8,13-14,24,33H,3,6,9-12,15-18H2,1H3,(H,29,34). The summed E-state index contributed by atoms with van der Waals surface area (Å²) < 4.78 is 6.28. The van der Waals surface area contributed by atoms with Crippen molar-refractivity contribution in [1.29, 1.82) is 0 Å². The number of aldehydes is 1. The maximum atomic E-state index is 13.2. The van der Waals surface area contributed by atoms with Crippen LogP contribution >= 0.6 is 0 Å². The number of hydrogen-bond acceptors (Lipinski definition) is 6. The van der Waals surface area contributed by atoms with E-state index >= 15 is 0 Å². The van der Waals surface area contributed by atoms with Gasteiger partial charge < -0.3 is 24.9 Å². The van der Waals surface area contributed by atoms with Crippen LogP contribution in [0.15, 0.2) is 36.4 Å². The van der Waals surface area contributed by atoms with E-state index in [0.29, 0.717) is 25.1 Å². The maximum Gasteiger partial charge on any atom is 0.255 e. The van der Waals surface area contributed by atoms with Crippen molar-refractivity contribution < 1.29 is 24.2 Å². The Hall–Kier alpha value is -3.23. The molecular formula is C28H33N3O5. The lowest BCUT2D eigenvalue weighted by molar-refractivity contribution is -0.125. The summed E-state index contributed by atoms with van der Waals surface area (Å²) in [6.45, 7) is 3.71. The van der Waals surface area contributed by atoms with E-state index in [4.69, 9.17) is 4.74 Å². The van der Waals surface area contributed by atoms with Gasteiger partial charge in [0.05, 0.1) is 19.8 Å². The molecule has 0 radical (unpaired) electrons. The zero-order valence-electron chi connectivity index (χ0n) is 20.7. The Balaban J connectivity index is 1.32. The first-order chi connectivity index (χ1) is 17.5. The number of amides is 2. The van der Waals surface area contributed by atoms with Gasteiger partial charge in [-0.05, 0) is 49.5 Å².